The summed E-state index contributed by atoms with van der Waals surface area (Å²) in [6, 6.07) is 7.79. The fraction of sp³-hybridized carbons (Fsp3) is 0.417. The van der Waals surface area contributed by atoms with Crippen molar-refractivity contribution in [3.8, 4) is 5.75 Å². The van der Waals surface area contributed by atoms with E-state index in [0.29, 0.717) is 13.0 Å². The summed E-state index contributed by atoms with van der Waals surface area (Å²) < 4.78 is 5.43. The Bertz CT molecular complexity index is 282. The number of ether oxygens (including phenoxy) is 1. The van der Waals surface area contributed by atoms with Crippen LogP contribution in [-0.4, -0.2) is 19.4 Å². The highest BCUT2D eigenvalue weighted by molar-refractivity contribution is 5.50. The molecule has 0 aromatic heterocycles. The van der Waals surface area contributed by atoms with Gasteiger partial charge in [-0.2, -0.15) is 0 Å². The van der Waals surface area contributed by atoms with Gasteiger partial charge in [0.1, 0.15) is 5.75 Å². The largest absolute Gasteiger partial charge is 0.494 e. The quantitative estimate of drug-likeness (QED) is 0.696. The third-order valence-electron chi connectivity index (χ3n) is 1.93. The Labute approximate surface area is 90.4 Å². The van der Waals surface area contributed by atoms with Gasteiger partial charge in [-0.25, -0.2) is 0 Å². The summed E-state index contributed by atoms with van der Waals surface area (Å²) in [7, 11) is 0. The van der Waals surface area contributed by atoms with Gasteiger partial charge in [0, 0.05) is 18.7 Å². The summed E-state index contributed by atoms with van der Waals surface area (Å²) in [5, 5.41) is 3.20. The van der Waals surface area contributed by atoms with Crippen LogP contribution >= 0.6 is 0 Å². The van der Waals surface area contributed by atoms with Crippen LogP contribution in [0, 0.1) is 0 Å². The number of rotatable bonds is 7. The second-order valence-corrected chi connectivity index (χ2v) is 3.15. The van der Waals surface area contributed by atoms with E-state index < -0.39 is 0 Å². The number of hydrogen-bond acceptors (Lipinski definition) is 3. The molecule has 0 saturated carbocycles. The Morgan fingerprint density at radius 1 is 1.33 bits per heavy atom. The molecular weight excluding hydrogens is 190 g/mol. The zero-order valence-electron chi connectivity index (χ0n) is 8.95. The van der Waals surface area contributed by atoms with Crippen LogP contribution in [-0.2, 0) is 4.79 Å². The highest BCUT2D eigenvalue weighted by atomic mass is 16.5. The third-order valence-corrected chi connectivity index (χ3v) is 1.93. The van der Waals surface area contributed by atoms with Gasteiger partial charge in [-0.15, -0.1) is 0 Å². The van der Waals surface area contributed by atoms with Crippen LogP contribution in [0.15, 0.2) is 24.3 Å². The molecule has 15 heavy (non-hydrogen) atoms. The molecule has 1 N–H and O–H groups in total. The molecule has 3 nitrogen and oxygen atoms in total. The van der Waals surface area contributed by atoms with Crippen molar-refractivity contribution < 1.29 is 9.53 Å². The molecule has 0 aliphatic carbocycles. The van der Waals surface area contributed by atoms with Crippen LogP contribution < -0.4 is 10.1 Å². The average Bonchev–Trinajstić information content (AvgIpc) is 2.27. The summed E-state index contributed by atoms with van der Waals surface area (Å²) >= 11 is 0. The molecule has 3 heteroatoms. The van der Waals surface area contributed by atoms with Crippen LogP contribution in [0.5, 0.6) is 5.75 Å². The summed E-state index contributed by atoms with van der Waals surface area (Å²) in [5.41, 5.74) is 1.09. The number of unbranched alkanes of at least 4 members (excludes halogenated alkanes) is 1. The first-order chi connectivity index (χ1) is 7.36. The lowest BCUT2D eigenvalue weighted by Gasteiger charge is -2.06. The minimum atomic E-state index is 0.440. The number of hydrogen-bond donors (Lipinski definition) is 1. The van der Waals surface area contributed by atoms with Gasteiger partial charge in [0.15, 0.2) is 6.29 Å². The van der Waals surface area contributed by atoms with Gasteiger partial charge in [0.05, 0.1) is 6.61 Å². The van der Waals surface area contributed by atoms with E-state index in [1.807, 2.05) is 30.6 Å². The zero-order chi connectivity index (χ0) is 10.9. The smallest absolute Gasteiger partial charge is 0.198 e. The summed E-state index contributed by atoms with van der Waals surface area (Å²) in [6.45, 7) is 3.53. The molecule has 0 amide bonds. The Morgan fingerprint density at radius 2 is 2.07 bits per heavy atom. The molecule has 1 rings (SSSR count). The second kappa shape index (κ2) is 6.87. The van der Waals surface area contributed by atoms with Crippen molar-refractivity contribution in [1.29, 1.82) is 0 Å². The first-order valence-electron chi connectivity index (χ1n) is 5.18. The van der Waals surface area contributed by atoms with Crippen molar-refractivity contribution in [1.82, 2.24) is 0 Å². The first-order valence-corrected chi connectivity index (χ1v) is 5.18. The SMILES string of the molecule is CCNc1ccc(OCCC[C]=O)cc1. The molecular formula is C12H16NO2. The Hall–Kier alpha value is -1.51. The van der Waals surface area contributed by atoms with E-state index in [2.05, 4.69) is 12.2 Å². The minimum absolute atomic E-state index is 0.440. The van der Waals surface area contributed by atoms with Crippen molar-refractivity contribution in [2.24, 2.45) is 0 Å². The van der Waals surface area contributed by atoms with Crippen LogP contribution in [0.2, 0.25) is 0 Å². The maximum atomic E-state index is 9.94. The van der Waals surface area contributed by atoms with Crippen molar-refractivity contribution in [3.63, 3.8) is 0 Å². The van der Waals surface area contributed by atoms with Gasteiger partial charge < -0.3 is 10.1 Å². The van der Waals surface area contributed by atoms with E-state index >= 15 is 0 Å². The lowest BCUT2D eigenvalue weighted by atomic mass is 10.3. The molecule has 81 valence electrons. The molecule has 0 spiro atoms. The fourth-order valence-electron chi connectivity index (χ4n) is 1.21. The molecule has 0 heterocycles. The minimum Gasteiger partial charge on any atom is -0.494 e. The molecule has 0 aliphatic heterocycles. The molecule has 1 radical (unpaired) electrons. The monoisotopic (exact) mass is 206 g/mol. The second-order valence-electron chi connectivity index (χ2n) is 3.15. The number of benzene rings is 1. The highest BCUT2D eigenvalue weighted by Crippen LogP contribution is 2.15. The Kier molecular flexibility index (Phi) is 5.30. The standard InChI is InChI=1S/C12H16NO2/c1-2-13-11-5-7-12(8-6-11)15-10-4-3-9-14/h5-8,13H,2-4,10H2,1H3. The molecule has 0 atom stereocenters. The van der Waals surface area contributed by atoms with Gasteiger partial charge in [0.25, 0.3) is 0 Å². The van der Waals surface area contributed by atoms with Crippen LogP contribution in [0.3, 0.4) is 0 Å². The fourth-order valence-corrected chi connectivity index (χ4v) is 1.21. The predicted molar refractivity (Wildman–Crippen MR) is 61.0 cm³/mol. The van der Waals surface area contributed by atoms with Gasteiger partial charge in [-0.05, 0) is 37.6 Å². The van der Waals surface area contributed by atoms with E-state index in [0.717, 1.165) is 24.4 Å². The topological polar surface area (TPSA) is 38.3 Å². The van der Waals surface area contributed by atoms with E-state index in [1.54, 1.807) is 0 Å². The summed E-state index contributed by atoms with van der Waals surface area (Å²) in [5.74, 6) is 0.836. The third kappa shape index (κ3) is 4.49. The molecule has 1 aromatic carbocycles. The molecule has 0 bridgehead atoms. The molecule has 0 aliphatic rings. The molecule has 0 fully saturated rings. The molecule has 0 saturated heterocycles. The number of nitrogens with one attached hydrogen (secondary N) is 1. The van der Waals surface area contributed by atoms with Crippen LogP contribution in [0.1, 0.15) is 19.8 Å². The maximum Gasteiger partial charge on any atom is 0.198 e. The average molecular weight is 206 g/mol. The highest BCUT2D eigenvalue weighted by Gasteiger charge is 1.94. The van der Waals surface area contributed by atoms with Gasteiger partial charge in [-0.1, -0.05) is 0 Å². The normalized spacial score (nSPS) is 9.67. The van der Waals surface area contributed by atoms with Gasteiger partial charge in [0.2, 0.25) is 0 Å². The Morgan fingerprint density at radius 3 is 2.67 bits per heavy atom. The lowest BCUT2D eigenvalue weighted by molar-refractivity contribution is 0.313. The van der Waals surface area contributed by atoms with Crippen molar-refractivity contribution in [2.45, 2.75) is 19.8 Å². The van der Waals surface area contributed by atoms with Crippen LogP contribution in [0.25, 0.3) is 0 Å². The van der Waals surface area contributed by atoms with Crippen molar-refractivity contribution in [2.75, 3.05) is 18.5 Å². The lowest BCUT2D eigenvalue weighted by Crippen LogP contribution is -1.99. The Balaban J connectivity index is 2.32. The van der Waals surface area contributed by atoms with Crippen LogP contribution in [0.4, 0.5) is 5.69 Å². The summed E-state index contributed by atoms with van der Waals surface area (Å²) in [6.07, 6.45) is 3.00. The molecule has 0 unspecified atom stereocenters. The summed E-state index contributed by atoms with van der Waals surface area (Å²) in [4.78, 5) is 9.94. The van der Waals surface area contributed by atoms with Gasteiger partial charge >= 0.3 is 0 Å². The van der Waals surface area contributed by atoms with E-state index in [1.165, 1.54) is 0 Å². The van der Waals surface area contributed by atoms with Crippen molar-refractivity contribution >= 4 is 12.0 Å². The van der Waals surface area contributed by atoms with E-state index in [4.69, 9.17) is 4.74 Å². The number of anilines is 1. The molecule has 1 aromatic rings. The zero-order valence-corrected chi connectivity index (χ0v) is 8.95. The van der Waals surface area contributed by atoms with Crippen molar-refractivity contribution in [3.05, 3.63) is 24.3 Å². The first kappa shape index (κ1) is 11.6. The van der Waals surface area contributed by atoms with Gasteiger partial charge in [-0.3, -0.25) is 4.79 Å². The van der Waals surface area contributed by atoms with E-state index in [9.17, 15) is 4.79 Å². The van der Waals surface area contributed by atoms with E-state index in [-0.39, 0.29) is 0 Å². The number of carbonyl (C=O) groups excluding carboxylic acids is 1. The maximum absolute atomic E-state index is 9.94. The predicted octanol–water partition coefficient (Wildman–Crippen LogP) is 2.39.